The molecule has 0 aliphatic rings. The van der Waals surface area contributed by atoms with Crippen LogP contribution in [0.25, 0.3) is 99.2 Å². The van der Waals surface area contributed by atoms with E-state index < -0.39 is 139 Å². The summed E-state index contributed by atoms with van der Waals surface area (Å²) in [4.78, 5) is 0. The van der Waals surface area contributed by atoms with Crippen molar-refractivity contribution in [2.24, 2.45) is 0 Å². The second kappa shape index (κ2) is 16.1. The highest BCUT2D eigenvalue weighted by atomic mass is 28.3. The average Bonchev–Trinajstić information content (AvgIpc) is 2.21. The number of aromatic nitrogens is 2. The van der Waals surface area contributed by atoms with Gasteiger partial charge in [0.05, 0.1) is 57.8 Å². The predicted molar refractivity (Wildman–Crippen MR) is 297 cm³/mol. The van der Waals surface area contributed by atoms with Crippen LogP contribution in [-0.4, -0.2) is 17.2 Å². The molecule has 0 saturated heterocycles. The summed E-state index contributed by atoms with van der Waals surface area (Å²) in [6.07, 6.45) is 0. The minimum atomic E-state index is -3.29. The third-order valence-electron chi connectivity index (χ3n) is 13.2. The van der Waals surface area contributed by atoms with Crippen LogP contribution in [-0.2, 0) is 0 Å². The lowest BCUT2D eigenvalue weighted by atomic mass is 9.97. The van der Waals surface area contributed by atoms with Crippen LogP contribution in [0.2, 0.25) is 0 Å². The highest BCUT2D eigenvalue weighted by Gasteiger charge is 2.41. The summed E-state index contributed by atoms with van der Waals surface area (Å²) in [6, 6.07) is 37.3. The normalized spacial score (nSPS) is 15.6. The largest absolute Gasteiger partial charge is 0.456 e. The zero-order valence-corrected chi connectivity index (χ0v) is 37.8. The Morgan fingerprint density at radius 3 is 1.46 bits per heavy atom. The second-order valence-electron chi connectivity index (χ2n) is 17.0. The van der Waals surface area contributed by atoms with Crippen molar-refractivity contribution in [3.05, 3.63) is 266 Å². The molecule has 4 heteroatoms. The van der Waals surface area contributed by atoms with E-state index in [1.54, 1.807) is 48.5 Å². The fourth-order valence-corrected chi connectivity index (χ4v) is 15.0. The molecule has 0 amide bonds. The van der Waals surface area contributed by atoms with E-state index >= 15 is 0 Å². The number of benzene rings is 11. The quantitative estimate of drug-likeness (QED) is 0.110. The number of hydrogen-bond acceptors (Lipinski definition) is 1. The van der Waals surface area contributed by atoms with E-state index in [4.69, 9.17) is 9.90 Å². The van der Waals surface area contributed by atoms with Crippen LogP contribution >= 0.6 is 0 Å². The van der Waals surface area contributed by atoms with Gasteiger partial charge < -0.3 is 13.6 Å². The van der Waals surface area contributed by atoms with Crippen LogP contribution in [0.4, 0.5) is 0 Å². The van der Waals surface area contributed by atoms with E-state index in [0.29, 0.717) is 27.6 Å². The van der Waals surface area contributed by atoms with Crippen molar-refractivity contribution in [2.75, 3.05) is 0 Å². The zero-order valence-electron chi connectivity index (χ0n) is 54.8. The fourth-order valence-electron chi connectivity index (χ4n) is 10.3. The molecular weight excluding hydrogens is 865 g/mol. The standard InChI is InChI=1S/C66H44N2OSi/c1-4-22-50(23-5-1)70(51-24-6-2-7-25-51,52-26-8-3-9-27-52)53-28-17-21-49(44-53)67-59-32-13-10-29-54(59)57-42-47(37-39-61(57)67)45-19-16-20-46(41-45)48-38-40-62-58(43-48)55-30-11-14-33-60(55)68(62)63-34-18-36-65-66(63)56-31-12-15-35-64(56)69-65/h1-44H/i10D,11D,13D,14D,16D,19D,20D,29D,30D,32D,33D,37D,38D,39D,40D,41D,42D,43D. The fraction of sp³-hybridized carbons (Fsp3) is 0. The summed E-state index contributed by atoms with van der Waals surface area (Å²) >= 11 is 0. The van der Waals surface area contributed by atoms with Crippen molar-refractivity contribution in [2.45, 2.75) is 0 Å². The molecule has 0 unspecified atom stereocenters. The van der Waals surface area contributed by atoms with Crippen LogP contribution in [0.15, 0.2) is 271 Å². The molecule has 3 aromatic heterocycles. The summed E-state index contributed by atoms with van der Waals surface area (Å²) in [6.45, 7) is 0. The van der Waals surface area contributed by atoms with Gasteiger partial charge in [-0.15, -0.1) is 0 Å². The molecule has 0 radical (unpaired) electrons. The van der Waals surface area contributed by atoms with Gasteiger partial charge in [0.2, 0.25) is 0 Å². The number of para-hydroxylation sites is 3. The van der Waals surface area contributed by atoms with Gasteiger partial charge in [-0.3, -0.25) is 0 Å². The molecule has 3 heterocycles. The molecule has 0 aliphatic carbocycles. The lowest BCUT2D eigenvalue weighted by Gasteiger charge is -2.34. The minimum Gasteiger partial charge on any atom is -0.456 e. The molecule has 0 aliphatic heterocycles. The van der Waals surface area contributed by atoms with Crippen molar-refractivity contribution in [3.63, 3.8) is 0 Å². The molecule has 0 fully saturated rings. The number of hydrogen-bond donors (Lipinski definition) is 0. The molecule has 14 aromatic rings. The maximum absolute atomic E-state index is 10.2. The van der Waals surface area contributed by atoms with Crippen LogP contribution in [0.1, 0.15) is 24.7 Å². The maximum Gasteiger partial charge on any atom is 0.179 e. The Morgan fingerprint density at radius 1 is 0.343 bits per heavy atom. The maximum atomic E-state index is 10.2. The second-order valence-corrected chi connectivity index (χ2v) is 20.8. The van der Waals surface area contributed by atoms with Gasteiger partial charge in [0.25, 0.3) is 0 Å². The van der Waals surface area contributed by atoms with E-state index in [2.05, 4.69) is 36.4 Å². The van der Waals surface area contributed by atoms with Gasteiger partial charge in [-0.2, -0.15) is 0 Å². The molecule has 70 heavy (non-hydrogen) atoms. The molecule has 328 valence electrons. The Labute approximate surface area is 431 Å². The highest BCUT2D eigenvalue weighted by Crippen LogP contribution is 2.41. The Bertz CT molecular complexity index is 5280. The lowest BCUT2D eigenvalue weighted by Crippen LogP contribution is -2.74. The first kappa shape index (κ1) is 26.0. The van der Waals surface area contributed by atoms with Gasteiger partial charge in [-0.1, -0.05) is 194 Å². The van der Waals surface area contributed by atoms with E-state index in [9.17, 15) is 19.2 Å². The van der Waals surface area contributed by atoms with Gasteiger partial charge in [0, 0.05) is 32.6 Å². The molecule has 3 nitrogen and oxygen atoms in total. The number of furan rings is 1. The first-order valence-electron chi connectivity index (χ1n) is 31.6. The Balaban J connectivity index is 1.06. The minimum absolute atomic E-state index is 0.132. The lowest BCUT2D eigenvalue weighted by molar-refractivity contribution is 0.669. The van der Waals surface area contributed by atoms with Crippen LogP contribution in [0.5, 0.6) is 0 Å². The van der Waals surface area contributed by atoms with E-state index in [1.807, 2.05) is 72.8 Å². The molecule has 0 N–H and O–H groups in total. The third kappa shape index (κ3) is 6.13. The molecule has 0 spiro atoms. The van der Waals surface area contributed by atoms with Crippen molar-refractivity contribution < 1.29 is 29.1 Å². The predicted octanol–water partition coefficient (Wildman–Crippen LogP) is 14.5. The van der Waals surface area contributed by atoms with Gasteiger partial charge >= 0.3 is 0 Å². The van der Waals surface area contributed by atoms with Gasteiger partial charge in [0.1, 0.15) is 11.2 Å². The summed E-state index contributed by atoms with van der Waals surface area (Å²) < 4.78 is 180. The molecule has 14 rings (SSSR count). The van der Waals surface area contributed by atoms with Crippen LogP contribution in [0.3, 0.4) is 0 Å². The molecule has 0 bridgehead atoms. The molecular formula is C66H44N2OSi. The van der Waals surface area contributed by atoms with E-state index in [0.717, 1.165) is 20.7 Å². The Hall–Kier alpha value is -8.96. The van der Waals surface area contributed by atoms with Crippen LogP contribution in [0, 0.1) is 0 Å². The average molecular weight is 927 g/mol. The Morgan fingerprint density at radius 2 is 0.829 bits per heavy atom. The number of fused-ring (bicyclic) bond motifs is 9. The monoisotopic (exact) mass is 926 g/mol. The molecule has 0 atom stereocenters. The van der Waals surface area contributed by atoms with Gasteiger partial charge in [-0.25, -0.2) is 0 Å². The number of nitrogens with zero attached hydrogens (tertiary/aromatic N) is 2. The summed E-state index contributed by atoms with van der Waals surface area (Å²) in [5, 5.41) is 4.09. The molecule has 11 aromatic carbocycles. The summed E-state index contributed by atoms with van der Waals surface area (Å²) in [7, 11) is -3.29. The zero-order chi connectivity index (χ0) is 61.8. The van der Waals surface area contributed by atoms with Crippen molar-refractivity contribution in [3.8, 4) is 33.6 Å². The first-order valence-corrected chi connectivity index (χ1v) is 24.6. The topological polar surface area (TPSA) is 23.0 Å². The SMILES string of the molecule is [2H]c1c([2H])c(-c2c([2H])c([2H])c3c(c2[2H])c2c([2H])c([2H])c([2H])c([2H])c2n3-c2cccc([Si](c3ccccc3)(c3ccccc3)c3ccccc3)c2)c([2H])c(-c2c([2H])c([2H])c3c(c2[2H])c2c([2H])c([2H])c([2H])c([2H])c2n3-c2cccc3oc4ccccc4c23)c1[2H]. The summed E-state index contributed by atoms with van der Waals surface area (Å²) in [5.41, 5.74) is -1.64. The smallest absolute Gasteiger partial charge is 0.179 e. The van der Waals surface area contributed by atoms with E-state index in [1.165, 1.54) is 9.13 Å². The van der Waals surface area contributed by atoms with Gasteiger partial charge in [-0.05, 0) is 116 Å². The van der Waals surface area contributed by atoms with E-state index in [-0.39, 0.29) is 49.3 Å². The van der Waals surface area contributed by atoms with Gasteiger partial charge in [0.15, 0.2) is 8.07 Å². The Kier molecular flexibility index (Phi) is 5.97. The van der Waals surface area contributed by atoms with Crippen molar-refractivity contribution in [1.82, 2.24) is 9.13 Å². The third-order valence-corrected chi connectivity index (χ3v) is 18.0. The van der Waals surface area contributed by atoms with Crippen LogP contribution < -0.4 is 20.7 Å². The number of rotatable bonds is 8. The van der Waals surface area contributed by atoms with Crippen molar-refractivity contribution >= 4 is 94.4 Å². The highest BCUT2D eigenvalue weighted by molar-refractivity contribution is 7.19. The summed E-state index contributed by atoms with van der Waals surface area (Å²) in [5.74, 6) is 0. The van der Waals surface area contributed by atoms with Crippen molar-refractivity contribution in [1.29, 1.82) is 0 Å². The molecule has 0 saturated carbocycles. The first-order chi connectivity index (χ1) is 42.2.